The van der Waals surface area contributed by atoms with Crippen molar-refractivity contribution in [2.45, 2.75) is 78.1 Å². The van der Waals surface area contributed by atoms with Gasteiger partial charge in [0.1, 0.15) is 0 Å². The molecule has 0 bridgehead atoms. The zero-order valence-electron chi connectivity index (χ0n) is 26.5. The second kappa shape index (κ2) is 12.8. The van der Waals surface area contributed by atoms with Gasteiger partial charge in [-0.25, -0.2) is 0 Å². The normalized spacial score (nSPS) is 11.9. The van der Waals surface area contributed by atoms with Gasteiger partial charge in [-0.1, -0.05) is 162 Å². The molecule has 0 amide bonds. The highest BCUT2D eigenvalue weighted by Gasteiger charge is 2.17. The molecule has 0 aromatic heterocycles. The number of fused-ring (bicyclic) bond motifs is 2. The molecule has 0 aliphatic carbocycles. The molecule has 0 saturated carbocycles. The van der Waals surface area contributed by atoms with Crippen LogP contribution in [0.4, 0.5) is 0 Å². The fourth-order valence-electron chi connectivity index (χ4n) is 7.57. The molecule has 0 N–H and O–H groups in total. The summed E-state index contributed by atoms with van der Waals surface area (Å²) in [5, 5.41) is 10.8. The van der Waals surface area contributed by atoms with E-state index in [1.165, 1.54) is 141 Å². The number of unbranched alkanes of at least 4 members (excludes halogenated alkanes) is 6. The molecule has 0 radical (unpaired) electrons. The van der Waals surface area contributed by atoms with Crippen LogP contribution in [0.5, 0.6) is 0 Å². The Bertz CT molecular complexity index is 1960. The molecule has 7 aromatic carbocycles. The van der Waals surface area contributed by atoms with Gasteiger partial charge in [0.15, 0.2) is 0 Å². The highest BCUT2D eigenvalue weighted by molar-refractivity contribution is 6.34. The maximum atomic E-state index is 2.50. The molecule has 0 saturated heterocycles. The van der Waals surface area contributed by atoms with E-state index in [0.29, 0.717) is 0 Å². The van der Waals surface area contributed by atoms with Crippen LogP contribution < -0.4 is 0 Å². The largest absolute Gasteiger partial charge is 0.0654 e. The lowest BCUT2D eigenvalue weighted by atomic mass is 9.85. The highest BCUT2D eigenvalue weighted by atomic mass is 14.2. The fourth-order valence-corrected chi connectivity index (χ4v) is 7.57. The molecule has 0 aliphatic rings. The van der Waals surface area contributed by atoms with Crippen molar-refractivity contribution in [1.82, 2.24) is 0 Å². The first kappa shape index (κ1) is 28.6. The van der Waals surface area contributed by atoms with E-state index in [0.717, 1.165) is 0 Å². The SMILES string of the molecule is CCCCCCc1cc(CCCCCC)cc(-c2ccccc2-c2ccc3c4cccc5cccc(c6cccc2c63)c54)c1. The molecular weight excluding hydrogens is 528 g/mol. The Kier molecular flexibility index (Phi) is 8.34. The van der Waals surface area contributed by atoms with E-state index in [-0.39, 0.29) is 0 Å². The molecule has 0 heterocycles. The minimum absolute atomic E-state index is 1.17. The molecular formula is C44H44. The van der Waals surface area contributed by atoms with E-state index in [9.17, 15) is 0 Å². The summed E-state index contributed by atoms with van der Waals surface area (Å²) in [5.74, 6) is 0. The van der Waals surface area contributed by atoms with Gasteiger partial charge in [-0.15, -0.1) is 0 Å². The Morgan fingerprint density at radius 3 is 1.57 bits per heavy atom. The first-order chi connectivity index (χ1) is 21.8. The molecule has 0 aliphatic heterocycles. The average molecular weight is 573 g/mol. The van der Waals surface area contributed by atoms with Gasteiger partial charge in [0.2, 0.25) is 0 Å². The quantitative estimate of drug-likeness (QED) is 0.0776. The molecule has 0 heteroatoms. The third-order valence-corrected chi connectivity index (χ3v) is 9.74. The zero-order chi connectivity index (χ0) is 29.9. The third-order valence-electron chi connectivity index (χ3n) is 9.74. The van der Waals surface area contributed by atoms with Crippen molar-refractivity contribution in [3.05, 3.63) is 120 Å². The van der Waals surface area contributed by atoms with E-state index in [1.54, 1.807) is 0 Å². The van der Waals surface area contributed by atoms with E-state index in [4.69, 9.17) is 0 Å². The molecule has 7 aromatic rings. The van der Waals surface area contributed by atoms with Gasteiger partial charge < -0.3 is 0 Å². The second-order valence-electron chi connectivity index (χ2n) is 12.8. The van der Waals surface area contributed by atoms with Crippen LogP contribution >= 0.6 is 0 Å². The molecule has 44 heavy (non-hydrogen) atoms. The monoisotopic (exact) mass is 572 g/mol. The minimum Gasteiger partial charge on any atom is -0.0654 e. The van der Waals surface area contributed by atoms with Gasteiger partial charge in [0.05, 0.1) is 0 Å². The average Bonchev–Trinajstić information content (AvgIpc) is 3.07. The number of rotatable bonds is 12. The Balaban J connectivity index is 1.38. The van der Waals surface area contributed by atoms with Crippen molar-refractivity contribution >= 4 is 43.1 Å². The van der Waals surface area contributed by atoms with Crippen molar-refractivity contribution in [2.75, 3.05) is 0 Å². The molecule has 7 rings (SSSR count). The highest BCUT2D eigenvalue weighted by Crippen LogP contribution is 2.44. The van der Waals surface area contributed by atoms with Crippen LogP contribution in [-0.2, 0) is 12.8 Å². The Morgan fingerprint density at radius 2 is 0.932 bits per heavy atom. The minimum atomic E-state index is 1.17. The van der Waals surface area contributed by atoms with Crippen molar-refractivity contribution in [3.8, 4) is 22.3 Å². The lowest BCUT2D eigenvalue weighted by molar-refractivity contribution is 0.661. The van der Waals surface area contributed by atoms with Crippen LogP contribution in [0.15, 0.2) is 109 Å². The predicted octanol–water partition coefficient (Wildman–Crippen LogP) is 13.3. The third kappa shape index (κ3) is 5.36. The maximum absolute atomic E-state index is 2.50. The molecule has 220 valence electrons. The lowest BCUT2D eigenvalue weighted by Crippen LogP contribution is -1.95. The fraction of sp³-hybridized carbons (Fsp3) is 0.273. The number of hydrogen-bond donors (Lipinski definition) is 0. The van der Waals surface area contributed by atoms with Gasteiger partial charge >= 0.3 is 0 Å². The van der Waals surface area contributed by atoms with Crippen molar-refractivity contribution in [3.63, 3.8) is 0 Å². The summed E-state index contributed by atoms with van der Waals surface area (Å²) >= 11 is 0. The van der Waals surface area contributed by atoms with Crippen LogP contribution in [0, 0.1) is 0 Å². The first-order valence-electron chi connectivity index (χ1n) is 17.1. The topological polar surface area (TPSA) is 0 Å². The number of hydrogen-bond acceptors (Lipinski definition) is 0. The van der Waals surface area contributed by atoms with Gasteiger partial charge in [-0.2, -0.15) is 0 Å². The molecule has 0 atom stereocenters. The number of benzene rings is 7. The first-order valence-corrected chi connectivity index (χ1v) is 17.1. The van der Waals surface area contributed by atoms with Gasteiger partial charge in [0.25, 0.3) is 0 Å². The van der Waals surface area contributed by atoms with E-state index in [1.807, 2.05) is 0 Å². The summed E-state index contributed by atoms with van der Waals surface area (Å²) in [4.78, 5) is 0. The second-order valence-corrected chi connectivity index (χ2v) is 12.8. The van der Waals surface area contributed by atoms with E-state index in [2.05, 4.69) is 123 Å². The summed E-state index contributed by atoms with van der Waals surface area (Å²) in [6, 6.07) is 41.8. The molecule has 0 nitrogen and oxygen atoms in total. The summed E-state index contributed by atoms with van der Waals surface area (Å²) < 4.78 is 0. The van der Waals surface area contributed by atoms with Crippen LogP contribution in [0.3, 0.4) is 0 Å². The van der Waals surface area contributed by atoms with Crippen LogP contribution in [0.25, 0.3) is 65.3 Å². The number of aryl methyl sites for hydroxylation is 2. The van der Waals surface area contributed by atoms with Gasteiger partial charge in [0, 0.05) is 0 Å². The van der Waals surface area contributed by atoms with Gasteiger partial charge in [-0.3, -0.25) is 0 Å². The summed E-state index contributed by atoms with van der Waals surface area (Å²) in [5.41, 5.74) is 8.37. The standard InChI is InChI=1S/C44H44/c1-3-5-7-9-16-31-28-32(17-10-8-6-4-2)30-34(29-31)35-20-11-12-21-36(35)37-26-27-42-40-23-14-19-33-18-13-22-39(43(33)40)41-25-15-24-38(37)44(41)42/h11-15,18-30H,3-10,16-17H2,1-2H3. The molecule has 0 fully saturated rings. The van der Waals surface area contributed by atoms with Crippen molar-refractivity contribution in [1.29, 1.82) is 0 Å². The molecule has 0 spiro atoms. The summed E-state index contributed by atoms with van der Waals surface area (Å²) in [6.07, 6.45) is 12.8. The predicted molar refractivity (Wildman–Crippen MR) is 194 cm³/mol. The Hall–Kier alpha value is -4.16. The summed E-state index contributed by atoms with van der Waals surface area (Å²) in [6.45, 7) is 4.60. The lowest BCUT2D eigenvalue weighted by Gasteiger charge is -2.18. The van der Waals surface area contributed by atoms with E-state index < -0.39 is 0 Å². The van der Waals surface area contributed by atoms with Crippen molar-refractivity contribution < 1.29 is 0 Å². The zero-order valence-corrected chi connectivity index (χ0v) is 26.5. The maximum Gasteiger partial charge on any atom is -0.00201 e. The van der Waals surface area contributed by atoms with Crippen LogP contribution in [0.1, 0.15) is 76.3 Å². The summed E-state index contributed by atoms with van der Waals surface area (Å²) in [7, 11) is 0. The van der Waals surface area contributed by atoms with E-state index >= 15 is 0 Å². The molecule has 0 unspecified atom stereocenters. The Labute approximate surface area is 263 Å². The van der Waals surface area contributed by atoms with Crippen LogP contribution in [0.2, 0.25) is 0 Å². The van der Waals surface area contributed by atoms with Crippen LogP contribution in [-0.4, -0.2) is 0 Å². The van der Waals surface area contributed by atoms with Gasteiger partial charge in [-0.05, 0) is 102 Å². The van der Waals surface area contributed by atoms with Crippen molar-refractivity contribution in [2.24, 2.45) is 0 Å². The smallest absolute Gasteiger partial charge is 0.00201 e. The Morgan fingerprint density at radius 1 is 0.386 bits per heavy atom.